The highest BCUT2D eigenvalue weighted by Gasteiger charge is 2.43. The Balaban J connectivity index is 2.70. The standard InChI is InChI=1S/C8H15NO6/c1-3(11)9-5-7(13)6(12)4(2-10)15-8(5)14/h4-8,10,12-14H,2H2,1H3,(H,9,11)/t4-,5+,6+,7+,8?/m0/s1. The van der Waals surface area contributed by atoms with E-state index in [-0.39, 0.29) is 0 Å². The molecule has 15 heavy (non-hydrogen) atoms. The molecule has 0 bridgehead atoms. The van der Waals surface area contributed by atoms with Gasteiger partial charge in [-0.25, -0.2) is 0 Å². The molecule has 1 fully saturated rings. The second kappa shape index (κ2) is 4.86. The summed E-state index contributed by atoms with van der Waals surface area (Å²) in [6.07, 6.45) is -5.24. The van der Waals surface area contributed by atoms with Gasteiger partial charge in [-0.3, -0.25) is 4.79 Å². The number of nitrogens with one attached hydrogen (secondary N) is 1. The Morgan fingerprint density at radius 1 is 1.33 bits per heavy atom. The molecule has 88 valence electrons. The van der Waals surface area contributed by atoms with Crippen molar-refractivity contribution in [1.29, 1.82) is 0 Å². The first-order chi connectivity index (χ1) is 6.97. The first kappa shape index (κ1) is 12.3. The van der Waals surface area contributed by atoms with E-state index in [1.807, 2.05) is 0 Å². The molecule has 7 nitrogen and oxygen atoms in total. The van der Waals surface area contributed by atoms with Crippen molar-refractivity contribution in [3.05, 3.63) is 0 Å². The maximum Gasteiger partial charge on any atom is 0.217 e. The summed E-state index contributed by atoms with van der Waals surface area (Å²) in [5.41, 5.74) is 0. The van der Waals surface area contributed by atoms with Gasteiger partial charge in [0.2, 0.25) is 5.91 Å². The minimum absolute atomic E-state index is 0.462. The van der Waals surface area contributed by atoms with Gasteiger partial charge in [0.05, 0.1) is 6.61 Å². The third kappa shape index (κ3) is 2.64. The highest BCUT2D eigenvalue weighted by atomic mass is 16.6. The number of carbonyl (C=O) groups excluding carboxylic acids is 1. The van der Waals surface area contributed by atoms with E-state index in [4.69, 9.17) is 9.84 Å². The minimum Gasteiger partial charge on any atom is -0.394 e. The lowest BCUT2D eigenvalue weighted by atomic mass is 9.97. The van der Waals surface area contributed by atoms with E-state index in [1.165, 1.54) is 6.92 Å². The Morgan fingerprint density at radius 3 is 2.40 bits per heavy atom. The van der Waals surface area contributed by atoms with Crippen LogP contribution in [0, 0.1) is 0 Å². The van der Waals surface area contributed by atoms with E-state index < -0.39 is 43.2 Å². The Morgan fingerprint density at radius 2 is 1.93 bits per heavy atom. The molecule has 1 aliphatic rings. The summed E-state index contributed by atoms with van der Waals surface area (Å²) in [6, 6.07) is -1.10. The van der Waals surface area contributed by atoms with Crippen molar-refractivity contribution < 1.29 is 30.0 Å². The lowest BCUT2D eigenvalue weighted by molar-refractivity contribution is -0.253. The summed E-state index contributed by atoms with van der Waals surface area (Å²) in [5, 5.41) is 39.4. The Hall–Kier alpha value is -0.730. The molecule has 0 aromatic carbocycles. The van der Waals surface area contributed by atoms with Gasteiger partial charge in [-0.15, -0.1) is 0 Å². The fraction of sp³-hybridized carbons (Fsp3) is 0.875. The first-order valence-corrected chi connectivity index (χ1v) is 4.55. The Labute approximate surface area is 86.3 Å². The van der Waals surface area contributed by atoms with Crippen molar-refractivity contribution >= 4 is 5.91 Å². The van der Waals surface area contributed by atoms with E-state index in [9.17, 15) is 20.1 Å². The van der Waals surface area contributed by atoms with E-state index in [2.05, 4.69) is 5.32 Å². The zero-order chi connectivity index (χ0) is 11.6. The first-order valence-electron chi connectivity index (χ1n) is 4.55. The van der Waals surface area contributed by atoms with Crippen LogP contribution in [0.3, 0.4) is 0 Å². The molecule has 1 heterocycles. The maximum absolute atomic E-state index is 10.7. The fourth-order valence-corrected chi connectivity index (χ4v) is 1.49. The molecule has 0 aromatic heterocycles. The second-order valence-electron chi connectivity index (χ2n) is 3.46. The van der Waals surface area contributed by atoms with Crippen LogP contribution < -0.4 is 5.32 Å². The molecule has 5 atom stereocenters. The van der Waals surface area contributed by atoms with Gasteiger partial charge in [0.1, 0.15) is 24.4 Å². The summed E-state index contributed by atoms with van der Waals surface area (Å²) in [4.78, 5) is 10.7. The quantitative estimate of drug-likeness (QED) is 0.337. The van der Waals surface area contributed by atoms with Crippen molar-refractivity contribution in [2.75, 3.05) is 6.61 Å². The van der Waals surface area contributed by atoms with Crippen molar-refractivity contribution in [1.82, 2.24) is 5.32 Å². The van der Waals surface area contributed by atoms with Crippen LogP contribution in [0.4, 0.5) is 0 Å². The van der Waals surface area contributed by atoms with Crippen molar-refractivity contribution in [2.45, 2.75) is 37.6 Å². The highest BCUT2D eigenvalue weighted by Crippen LogP contribution is 2.19. The number of hydrogen-bond acceptors (Lipinski definition) is 6. The van der Waals surface area contributed by atoms with Crippen LogP contribution in [0.25, 0.3) is 0 Å². The van der Waals surface area contributed by atoms with E-state index in [1.54, 1.807) is 0 Å². The van der Waals surface area contributed by atoms with E-state index in [0.717, 1.165) is 0 Å². The Bertz CT molecular complexity index is 235. The van der Waals surface area contributed by atoms with Crippen molar-refractivity contribution in [2.24, 2.45) is 0 Å². The SMILES string of the molecule is CC(=O)N[C@H]1C(O)O[C@@H](CO)[C@@H](O)[C@@H]1O. The maximum atomic E-state index is 10.7. The normalized spacial score (nSPS) is 41.3. The average Bonchev–Trinajstić information content (AvgIpc) is 2.18. The molecule has 0 aromatic rings. The molecule has 1 saturated heterocycles. The van der Waals surface area contributed by atoms with Crippen LogP contribution >= 0.6 is 0 Å². The third-order valence-corrected chi connectivity index (χ3v) is 2.27. The number of aliphatic hydroxyl groups excluding tert-OH is 4. The molecule has 0 saturated carbocycles. The number of aliphatic hydroxyl groups is 4. The van der Waals surface area contributed by atoms with Crippen LogP contribution in [0.5, 0.6) is 0 Å². The van der Waals surface area contributed by atoms with E-state index >= 15 is 0 Å². The number of hydrogen-bond donors (Lipinski definition) is 5. The predicted octanol–water partition coefficient (Wildman–Crippen LogP) is -3.08. The monoisotopic (exact) mass is 221 g/mol. The summed E-state index contributed by atoms with van der Waals surface area (Å²) < 4.78 is 4.81. The van der Waals surface area contributed by atoms with Gasteiger partial charge in [0.15, 0.2) is 6.29 Å². The lowest BCUT2D eigenvalue weighted by Crippen LogP contribution is -2.63. The predicted molar refractivity (Wildman–Crippen MR) is 47.6 cm³/mol. The highest BCUT2D eigenvalue weighted by molar-refractivity contribution is 5.73. The largest absolute Gasteiger partial charge is 0.394 e. The van der Waals surface area contributed by atoms with Crippen LogP contribution in [-0.2, 0) is 9.53 Å². The Kier molecular flexibility index (Phi) is 4.00. The summed E-state index contributed by atoms with van der Waals surface area (Å²) in [7, 11) is 0. The third-order valence-electron chi connectivity index (χ3n) is 2.27. The van der Waals surface area contributed by atoms with Gasteiger partial charge in [0.25, 0.3) is 0 Å². The number of rotatable bonds is 2. The molecule has 7 heteroatoms. The van der Waals surface area contributed by atoms with Gasteiger partial charge in [-0.1, -0.05) is 0 Å². The molecule has 0 aliphatic carbocycles. The average molecular weight is 221 g/mol. The molecule has 1 aliphatic heterocycles. The van der Waals surface area contributed by atoms with Crippen molar-refractivity contribution in [3.8, 4) is 0 Å². The molecule has 1 amide bonds. The smallest absolute Gasteiger partial charge is 0.217 e. The van der Waals surface area contributed by atoms with Crippen LogP contribution in [0.1, 0.15) is 6.92 Å². The minimum atomic E-state index is -1.45. The van der Waals surface area contributed by atoms with Gasteiger partial charge in [-0.05, 0) is 0 Å². The zero-order valence-corrected chi connectivity index (χ0v) is 8.20. The molecule has 0 radical (unpaired) electrons. The molecular formula is C8H15NO6. The van der Waals surface area contributed by atoms with Crippen LogP contribution in [0.15, 0.2) is 0 Å². The molecule has 1 rings (SSSR count). The van der Waals surface area contributed by atoms with Crippen LogP contribution in [-0.4, -0.2) is 63.6 Å². The molecular weight excluding hydrogens is 206 g/mol. The summed E-state index contributed by atoms with van der Waals surface area (Å²) in [6.45, 7) is 0.687. The zero-order valence-electron chi connectivity index (χ0n) is 8.20. The summed E-state index contributed by atoms with van der Waals surface area (Å²) in [5.74, 6) is -0.462. The van der Waals surface area contributed by atoms with Crippen LogP contribution in [0.2, 0.25) is 0 Å². The van der Waals surface area contributed by atoms with Gasteiger partial charge in [0, 0.05) is 6.92 Å². The molecule has 1 unspecified atom stereocenters. The summed E-state index contributed by atoms with van der Waals surface area (Å²) >= 11 is 0. The van der Waals surface area contributed by atoms with Crippen molar-refractivity contribution in [3.63, 3.8) is 0 Å². The molecule has 0 spiro atoms. The van der Waals surface area contributed by atoms with E-state index in [0.29, 0.717) is 0 Å². The number of carbonyl (C=O) groups is 1. The second-order valence-corrected chi connectivity index (χ2v) is 3.46. The van der Waals surface area contributed by atoms with Gasteiger partial charge < -0.3 is 30.5 Å². The van der Waals surface area contributed by atoms with Gasteiger partial charge >= 0.3 is 0 Å². The topological polar surface area (TPSA) is 119 Å². The van der Waals surface area contributed by atoms with Gasteiger partial charge in [-0.2, -0.15) is 0 Å². The fourth-order valence-electron chi connectivity index (χ4n) is 1.49. The number of ether oxygens (including phenoxy) is 1. The molecule has 5 N–H and O–H groups in total. The lowest BCUT2D eigenvalue weighted by Gasteiger charge is -2.40. The number of amides is 1.